The zero-order valence-corrected chi connectivity index (χ0v) is 13.4. The lowest BCUT2D eigenvalue weighted by molar-refractivity contribution is 1.11. The van der Waals surface area contributed by atoms with Gasteiger partial charge in [0.1, 0.15) is 5.82 Å². The van der Waals surface area contributed by atoms with E-state index in [1.165, 1.54) is 5.56 Å². The SMILES string of the molecule is Cc1ccc(N=Nc2sc(=O)[nH]c2NCc2ccccc2)cc1. The van der Waals surface area contributed by atoms with Crippen LogP contribution in [-0.4, -0.2) is 4.98 Å². The summed E-state index contributed by atoms with van der Waals surface area (Å²) in [7, 11) is 0. The van der Waals surface area contributed by atoms with Crippen LogP contribution >= 0.6 is 11.3 Å². The molecule has 0 saturated heterocycles. The standard InChI is InChI=1S/C17H16N4OS/c1-12-7-9-14(10-8-12)20-21-16-15(19-17(22)23-16)18-11-13-5-3-2-4-6-13/h2-10,18H,11H2,1H3,(H,19,22). The fourth-order valence-electron chi connectivity index (χ4n) is 2.01. The number of aromatic amines is 1. The fourth-order valence-corrected chi connectivity index (χ4v) is 2.65. The lowest BCUT2D eigenvalue weighted by Gasteiger charge is -2.04. The van der Waals surface area contributed by atoms with Gasteiger partial charge in [0.2, 0.25) is 0 Å². The van der Waals surface area contributed by atoms with Crippen molar-refractivity contribution >= 4 is 27.8 Å². The molecule has 3 aromatic rings. The van der Waals surface area contributed by atoms with E-state index < -0.39 is 0 Å². The summed E-state index contributed by atoms with van der Waals surface area (Å²) in [5.41, 5.74) is 3.05. The molecule has 2 N–H and O–H groups in total. The predicted molar refractivity (Wildman–Crippen MR) is 94.1 cm³/mol. The molecule has 0 atom stereocenters. The Morgan fingerprint density at radius 1 is 1.04 bits per heavy atom. The van der Waals surface area contributed by atoms with E-state index in [2.05, 4.69) is 20.5 Å². The molecule has 0 aliphatic rings. The third kappa shape index (κ3) is 4.14. The largest absolute Gasteiger partial charge is 0.365 e. The normalized spacial score (nSPS) is 11.0. The van der Waals surface area contributed by atoms with E-state index in [1.54, 1.807) is 0 Å². The highest BCUT2D eigenvalue weighted by Gasteiger charge is 2.07. The van der Waals surface area contributed by atoms with E-state index in [9.17, 15) is 4.79 Å². The van der Waals surface area contributed by atoms with Gasteiger partial charge in [0.15, 0.2) is 5.00 Å². The molecule has 5 nitrogen and oxygen atoms in total. The Morgan fingerprint density at radius 3 is 2.52 bits per heavy atom. The summed E-state index contributed by atoms with van der Waals surface area (Å²) in [5, 5.41) is 12.1. The van der Waals surface area contributed by atoms with Crippen LogP contribution < -0.4 is 10.2 Å². The van der Waals surface area contributed by atoms with Gasteiger partial charge in [0, 0.05) is 6.54 Å². The summed E-state index contributed by atoms with van der Waals surface area (Å²) in [4.78, 5) is 14.2. The smallest absolute Gasteiger partial charge is 0.308 e. The molecule has 2 aromatic carbocycles. The van der Waals surface area contributed by atoms with Crippen molar-refractivity contribution in [1.82, 2.24) is 4.98 Å². The average molecular weight is 324 g/mol. The van der Waals surface area contributed by atoms with E-state index in [0.29, 0.717) is 17.4 Å². The Kier molecular flexibility index (Phi) is 4.63. The zero-order chi connectivity index (χ0) is 16.1. The van der Waals surface area contributed by atoms with E-state index >= 15 is 0 Å². The monoisotopic (exact) mass is 324 g/mol. The Morgan fingerprint density at radius 2 is 1.78 bits per heavy atom. The third-order valence-corrected chi connectivity index (χ3v) is 4.00. The number of aromatic nitrogens is 1. The number of thiazole rings is 1. The van der Waals surface area contributed by atoms with Gasteiger partial charge in [-0.1, -0.05) is 59.4 Å². The first-order chi connectivity index (χ1) is 11.2. The second-order valence-electron chi connectivity index (χ2n) is 5.07. The van der Waals surface area contributed by atoms with Gasteiger partial charge in [-0.3, -0.25) is 9.78 Å². The Hall–Kier alpha value is -2.73. The van der Waals surface area contributed by atoms with Gasteiger partial charge in [-0.15, -0.1) is 10.2 Å². The Bertz CT molecular complexity index is 850. The van der Waals surface area contributed by atoms with Crippen molar-refractivity contribution in [3.63, 3.8) is 0 Å². The minimum atomic E-state index is -0.154. The van der Waals surface area contributed by atoms with Gasteiger partial charge in [0.25, 0.3) is 0 Å². The first-order valence-corrected chi connectivity index (χ1v) is 8.02. The summed E-state index contributed by atoms with van der Waals surface area (Å²) in [6.07, 6.45) is 0. The summed E-state index contributed by atoms with van der Waals surface area (Å²) >= 11 is 1.04. The number of azo groups is 1. The number of benzene rings is 2. The van der Waals surface area contributed by atoms with Crippen LogP contribution in [0.3, 0.4) is 0 Å². The number of anilines is 1. The number of aryl methyl sites for hydroxylation is 1. The van der Waals surface area contributed by atoms with Gasteiger partial charge in [0.05, 0.1) is 5.69 Å². The first kappa shape index (κ1) is 15.2. The number of nitrogens with zero attached hydrogens (tertiary/aromatic N) is 2. The van der Waals surface area contributed by atoms with Crippen molar-refractivity contribution in [3.05, 3.63) is 75.4 Å². The second kappa shape index (κ2) is 7.02. The van der Waals surface area contributed by atoms with Gasteiger partial charge < -0.3 is 5.32 Å². The molecule has 0 aliphatic heterocycles. The van der Waals surface area contributed by atoms with Gasteiger partial charge >= 0.3 is 4.87 Å². The summed E-state index contributed by atoms with van der Waals surface area (Å²) in [5.74, 6) is 0.597. The topological polar surface area (TPSA) is 69.6 Å². The molecule has 1 aromatic heterocycles. The van der Waals surface area contributed by atoms with Crippen LogP contribution in [0.4, 0.5) is 16.5 Å². The lowest BCUT2D eigenvalue weighted by Crippen LogP contribution is -2.02. The molecule has 0 saturated carbocycles. The Labute approximate surface area is 137 Å². The molecule has 0 amide bonds. The molecule has 0 bridgehead atoms. The van der Waals surface area contributed by atoms with E-state index in [4.69, 9.17) is 0 Å². The lowest BCUT2D eigenvalue weighted by atomic mass is 10.2. The van der Waals surface area contributed by atoms with Crippen LogP contribution in [0.1, 0.15) is 11.1 Å². The molecule has 3 rings (SSSR count). The van der Waals surface area contributed by atoms with Crippen LogP contribution in [0.2, 0.25) is 0 Å². The van der Waals surface area contributed by atoms with Gasteiger partial charge in [-0.25, -0.2) is 0 Å². The van der Waals surface area contributed by atoms with Crippen molar-refractivity contribution in [2.24, 2.45) is 10.2 Å². The highest BCUT2D eigenvalue weighted by Crippen LogP contribution is 2.28. The predicted octanol–water partition coefficient (Wildman–Crippen LogP) is 4.77. The van der Waals surface area contributed by atoms with Crippen LogP contribution in [-0.2, 0) is 6.54 Å². The summed E-state index contributed by atoms with van der Waals surface area (Å²) in [6, 6.07) is 17.7. The highest BCUT2D eigenvalue weighted by atomic mass is 32.1. The summed E-state index contributed by atoms with van der Waals surface area (Å²) < 4.78 is 0. The van der Waals surface area contributed by atoms with Crippen molar-refractivity contribution in [1.29, 1.82) is 0 Å². The maximum absolute atomic E-state index is 11.6. The first-order valence-electron chi connectivity index (χ1n) is 7.20. The molecule has 116 valence electrons. The average Bonchev–Trinajstić information content (AvgIpc) is 2.93. The Balaban J connectivity index is 1.75. The van der Waals surface area contributed by atoms with E-state index in [1.807, 2.05) is 61.5 Å². The molecule has 0 fully saturated rings. The van der Waals surface area contributed by atoms with Gasteiger partial charge in [-0.2, -0.15) is 0 Å². The molecule has 0 unspecified atom stereocenters. The quantitative estimate of drug-likeness (QED) is 0.664. The minimum absolute atomic E-state index is 0.154. The van der Waals surface area contributed by atoms with E-state index in [-0.39, 0.29) is 4.87 Å². The molecule has 6 heteroatoms. The number of rotatable bonds is 5. The molecular formula is C17H16N4OS. The minimum Gasteiger partial charge on any atom is -0.365 e. The van der Waals surface area contributed by atoms with Gasteiger partial charge in [-0.05, 0) is 24.6 Å². The third-order valence-electron chi connectivity index (χ3n) is 3.23. The molecule has 0 aliphatic carbocycles. The molecule has 0 spiro atoms. The second-order valence-corrected chi connectivity index (χ2v) is 6.03. The summed E-state index contributed by atoms with van der Waals surface area (Å²) in [6.45, 7) is 2.63. The van der Waals surface area contributed by atoms with Crippen molar-refractivity contribution in [2.45, 2.75) is 13.5 Å². The van der Waals surface area contributed by atoms with Crippen LogP contribution in [0, 0.1) is 6.92 Å². The maximum Gasteiger partial charge on any atom is 0.308 e. The number of nitrogens with one attached hydrogen (secondary N) is 2. The van der Waals surface area contributed by atoms with Crippen LogP contribution in [0.25, 0.3) is 0 Å². The fraction of sp³-hybridized carbons (Fsp3) is 0.118. The number of hydrogen-bond donors (Lipinski definition) is 2. The van der Waals surface area contributed by atoms with Crippen molar-refractivity contribution in [2.75, 3.05) is 5.32 Å². The molecular weight excluding hydrogens is 308 g/mol. The molecule has 23 heavy (non-hydrogen) atoms. The maximum atomic E-state index is 11.6. The van der Waals surface area contributed by atoms with Crippen molar-refractivity contribution in [3.8, 4) is 0 Å². The zero-order valence-electron chi connectivity index (χ0n) is 12.6. The van der Waals surface area contributed by atoms with Crippen LogP contribution in [0.5, 0.6) is 0 Å². The molecule has 1 heterocycles. The van der Waals surface area contributed by atoms with Crippen LogP contribution in [0.15, 0.2) is 69.6 Å². The highest BCUT2D eigenvalue weighted by molar-refractivity contribution is 7.13. The van der Waals surface area contributed by atoms with Crippen molar-refractivity contribution < 1.29 is 0 Å². The number of H-pyrrole nitrogens is 1. The number of hydrogen-bond acceptors (Lipinski definition) is 5. The van der Waals surface area contributed by atoms with E-state index in [0.717, 1.165) is 22.6 Å². The molecule has 0 radical (unpaired) electrons.